The lowest BCUT2D eigenvalue weighted by Gasteiger charge is -2.02. The molecule has 2 heterocycles. The highest BCUT2D eigenvalue weighted by atomic mass is 32.1. The van der Waals surface area contributed by atoms with Gasteiger partial charge in [0, 0.05) is 12.1 Å². The van der Waals surface area contributed by atoms with E-state index in [0.29, 0.717) is 11.8 Å². The van der Waals surface area contributed by atoms with Crippen LogP contribution in [0.3, 0.4) is 0 Å². The molecule has 2 rings (SSSR count). The summed E-state index contributed by atoms with van der Waals surface area (Å²) in [6.07, 6.45) is 1.97. The molecular formula is C12H16N2S. The largest absolute Gasteiger partial charge is 0.243 e. The first-order chi connectivity index (χ1) is 7.08. The Hall–Kier alpha value is -0.960. The number of thiazole rings is 1. The highest BCUT2D eigenvalue weighted by molar-refractivity contribution is 7.18. The second-order valence-electron chi connectivity index (χ2n) is 4.45. The maximum Gasteiger partial charge on any atom is 0.143 e. The second-order valence-corrected chi connectivity index (χ2v) is 5.46. The van der Waals surface area contributed by atoms with Crippen LogP contribution in [-0.4, -0.2) is 9.97 Å². The SMILES string of the molecule is CC(C)c1cnc2sc(C(C)C)nc2c1. The first-order valence-corrected chi connectivity index (χ1v) is 6.16. The number of fused-ring (bicyclic) bond motifs is 1. The summed E-state index contributed by atoms with van der Waals surface area (Å²) >= 11 is 1.70. The molecule has 2 aromatic heterocycles. The first kappa shape index (κ1) is 10.6. The van der Waals surface area contributed by atoms with Gasteiger partial charge >= 0.3 is 0 Å². The molecule has 0 unspecified atom stereocenters. The van der Waals surface area contributed by atoms with Crippen LogP contribution in [-0.2, 0) is 0 Å². The van der Waals surface area contributed by atoms with E-state index < -0.39 is 0 Å². The molecule has 3 heteroatoms. The highest BCUT2D eigenvalue weighted by Gasteiger charge is 2.09. The van der Waals surface area contributed by atoms with Gasteiger partial charge in [0.25, 0.3) is 0 Å². The topological polar surface area (TPSA) is 25.8 Å². The van der Waals surface area contributed by atoms with Crippen LogP contribution < -0.4 is 0 Å². The molecular weight excluding hydrogens is 204 g/mol. The van der Waals surface area contributed by atoms with E-state index in [1.54, 1.807) is 11.3 Å². The third-order valence-corrected chi connectivity index (χ3v) is 3.73. The van der Waals surface area contributed by atoms with Crippen LogP contribution in [0.1, 0.15) is 50.1 Å². The van der Waals surface area contributed by atoms with E-state index in [-0.39, 0.29) is 0 Å². The fraction of sp³-hybridized carbons (Fsp3) is 0.500. The number of hydrogen-bond acceptors (Lipinski definition) is 3. The summed E-state index contributed by atoms with van der Waals surface area (Å²) in [6, 6.07) is 2.16. The normalized spacial score (nSPS) is 11.9. The number of pyridine rings is 1. The lowest BCUT2D eigenvalue weighted by Crippen LogP contribution is -1.88. The van der Waals surface area contributed by atoms with Gasteiger partial charge in [-0.3, -0.25) is 0 Å². The lowest BCUT2D eigenvalue weighted by molar-refractivity contribution is 0.852. The maximum absolute atomic E-state index is 4.61. The van der Waals surface area contributed by atoms with Gasteiger partial charge in [-0.25, -0.2) is 9.97 Å². The molecule has 2 nitrogen and oxygen atoms in total. The van der Waals surface area contributed by atoms with Crippen molar-refractivity contribution in [3.63, 3.8) is 0 Å². The average molecular weight is 220 g/mol. The molecule has 0 radical (unpaired) electrons. The van der Waals surface area contributed by atoms with Gasteiger partial charge in [-0.2, -0.15) is 0 Å². The Bertz CT molecular complexity index is 465. The Morgan fingerprint density at radius 1 is 1.13 bits per heavy atom. The molecule has 15 heavy (non-hydrogen) atoms. The van der Waals surface area contributed by atoms with Crippen molar-refractivity contribution < 1.29 is 0 Å². The van der Waals surface area contributed by atoms with Gasteiger partial charge < -0.3 is 0 Å². The summed E-state index contributed by atoms with van der Waals surface area (Å²) in [6.45, 7) is 8.69. The Labute approximate surface area is 94.4 Å². The van der Waals surface area contributed by atoms with Crippen LogP contribution in [0.5, 0.6) is 0 Å². The van der Waals surface area contributed by atoms with Gasteiger partial charge in [-0.1, -0.05) is 39.0 Å². The summed E-state index contributed by atoms with van der Waals surface area (Å²) in [7, 11) is 0. The third-order valence-electron chi connectivity index (χ3n) is 2.45. The smallest absolute Gasteiger partial charge is 0.143 e. The molecule has 0 aromatic carbocycles. The summed E-state index contributed by atoms with van der Waals surface area (Å²) < 4.78 is 0. The average Bonchev–Trinajstić information content (AvgIpc) is 2.59. The minimum Gasteiger partial charge on any atom is -0.243 e. The van der Waals surface area contributed by atoms with Crippen LogP contribution >= 0.6 is 11.3 Å². The summed E-state index contributed by atoms with van der Waals surface area (Å²) in [5.41, 5.74) is 2.32. The minimum atomic E-state index is 0.492. The van der Waals surface area contributed by atoms with Gasteiger partial charge in [-0.15, -0.1) is 0 Å². The number of aromatic nitrogens is 2. The van der Waals surface area contributed by atoms with Crippen molar-refractivity contribution in [3.8, 4) is 0 Å². The predicted molar refractivity (Wildman–Crippen MR) is 65.6 cm³/mol. The van der Waals surface area contributed by atoms with Gasteiger partial charge in [0.05, 0.1) is 5.01 Å². The van der Waals surface area contributed by atoms with E-state index in [2.05, 4.69) is 43.7 Å². The molecule has 0 atom stereocenters. The number of nitrogens with zero attached hydrogens (tertiary/aromatic N) is 2. The zero-order valence-corrected chi connectivity index (χ0v) is 10.4. The fourth-order valence-electron chi connectivity index (χ4n) is 1.42. The van der Waals surface area contributed by atoms with Crippen molar-refractivity contribution in [1.82, 2.24) is 9.97 Å². The van der Waals surface area contributed by atoms with Crippen LogP contribution in [0.2, 0.25) is 0 Å². The fourth-order valence-corrected chi connectivity index (χ4v) is 2.31. The summed E-state index contributed by atoms with van der Waals surface area (Å²) in [5, 5.41) is 1.18. The van der Waals surface area contributed by atoms with E-state index in [9.17, 15) is 0 Å². The zero-order valence-electron chi connectivity index (χ0n) is 9.61. The molecule has 0 fully saturated rings. The van der Waals surface area contributed by atoms with E-state index in [4.69, 9.17) is 0 Å². The zero-order chi connectivity index (χ0) is 11.0. The number of rotatable bonds is 2. The molecule has 0 aliphatic heterocycles. The molecule has 2 aromatic rings. The molecule has 0 amide bonds. The lowest BCUT2D eigenvalue weighted by atomic mass is 10.1. The third kappa shape index (κ3) is 2.02. The Morgan fingerprint density at radius 3 is 2.47 bits per heavy atom. The van der Waals surface area contributed by atoms with E-state index in [1.165, 1.54) is 10.6 Å². The van der Waals surface area contributed by atoms with Gasteiger partial charge in [-0.05, 0) is 17.5 Å². The van der Waals surface area contributed by atoms with Crippen molar-refractivity contribution in [2.45, 2.75) is 39.5 Å². The molecule has 0 N–H and O–H groups in total. The van der Waals surface area contributed by atoms with Crippen molar-refractivity contribution in [3.05, 3.63) is 22.8 Å². The first-order valence-electron chi connectivity index (χ1n) is 5.34. The van der Waals surface area contributed by atoms with E-state index >= 15 is 0 Å². The molecule has 0 saturated heterocycles. The van der Waals surface area contributed by atoms with Gasteiger partial charge in [0.1, 0.15) is 10.3 Å². The predicted octanol–water partition coefficient (Wildman–Crippen LogP) is 3.94. The van der Waals surface area contributed by atoms with E-state index in [1.807, 2.05) is 6.20 Å². The molecule has 0 saturated carbocycles. The van der Waals surface area contributed by atoms with Crippen molar-refractivity contribution in [2.75, 3.05) is 0 Å². The van der Waals surface area contributed by atoms with E-state index in [0.717, 1.165) is 10.3 Å². The van der Waals surface area contributed by atoms with Crippen LogP contribution in [0.15, 0.2) is 12.3 Å². The Kier molecular flexibility index (Phi) is 2.74. The number of hydrogen-bond donors (Lipinski definition) is 0. The van der Waals surface area contributed by atoms with Crippen molar-refractivity contribution >= 4 is 21.7 Å². The quantitative estimate of drug-likeness (QED) is 0.766. The van der Waals surface area contributed by atoms with Crippen molar-refractivity contribution in [2.24, 2.45) is 0 Å². The molecule has 0 aliphatic carbocycles. The Morgan fingerprint density at radius 2 is 1.87 bits per heavy atom. The molecule has 0 spiro atoms. The van der Waals surface area contributed by atoms with Crippen LogP contribution in [0, 0.1) is 0 Å². The maximum atomic E-state index is 4.61. The summed E-state index contributed by atoms with van der Waals surface area (Å²) in [5.74, 6) is 1.01. The second kappa shape index (κ2) is 3.89. The monoisotopic (exact) mass is 220 g/mol. The molecule has 0 aliphatic rings. The van der Waals surface area contributed by atoms with Crippen LogP contribution in [0.4, 0.5) is 0 Å². The highest BCUT2D eigenvalue weighted by Crippen LogP contribution is 2.27. The van der Waals surface area contributed by atoms with Gasteiger partial charge in [0.2, 0.25) is 0 Å². The molecule has 80 valence electrons. The summed E-state index contributed by atoms with van der Waals surface area (Å²) in [4.78, 5) is 10.1. The Balaban J connectivity index is 2.52. The van der Waals surface area contributed by atoms with Gasteiger partial charge in [0.15, 0.2) is 0 Å². The minimum absolute atomic E-state index is 0.492. The van der Waals surface area contributed by atoms with Crippen LogP contribution in [0.25, 0.3) is 10.3 Å². The van der Waals surface area contributed by atoms with Crippen molar-refractivity contribution in [1.29, 1.82) is 0 Å². The standard InChI is InChI=1S/C12H16N2S/c1-7(2)9-5-10-12(13-6-9)15-11(14-10)8(3)4/h5-8H,1-4H3. The molecule has 0 bridgehead atoms.